The Hall–Kier alpha value is -1.49. The molecule has 0 amide bonds. The van der Waals surface area contributed by atoms with Crippen LogP contribution in [-0.2, 0) is 6.42 Å². The average Bonchev–Trinajstić information content (AvgIpc) is 2.37. The predicted molar refractivity (Wildman–Crippen MR) is 77.3 cm³/mol. The fraction of sp³-hybridized carbons (Fsp3) is 0.611. The van der Waals surface area contributed by atoms with Crippen molar-refractivity contribution in [2.24, 2.45) is 17.8 Å². The minimum atomic E-state index is 0.111. The van der Waals surface area contributed by atoms with Crippen molar-refractivity contribution in [1.29, 1.82) is 5.26 Å². The molecule has 2 nitrogen and oxygen atoms in total. The normalized spacial score (nSPS) is 37.6. The lowest BCUT2D eigenvalue weighted by Gasteiger charge is -2.56. The number of hydrogen-bond acceptors (Lipinski definition) is 2. The van der Waals surface area contributed by atoms with Crippen LogP contribution in [0.15, 0.2) is 24.3 Å². The summed E-state index contributed by atoms with van der Waals surface area (Å²) in [7, 11) is 0. The van der Waals surface area contributed by atoms with Crippen LogP contribution < -0.4 is 4.74 Å². The van der Waals surface area contributed by atoms with E-state index in [1.54, 1.807) is 0 Å². The highest BCUT2D eigenvalue weighted by atomic mass is 16.5. The maximum absolute atomic E-state index is 8.82. The van der Waals surface area contributed by atoms with Gasteiger partial charge in [-0.2, -0.15) is 5.26 Å². The minimum absolute atomic E-state index is 0.111. The predicted octanol–water partition coefficient (Wildman–Crippen LogP) is 4.10. The molecule has 0 aromatic heterocycles. The number of rotatable bonds is 3. The van der Waals surface area contributed by atoms with Crippen LogP contribution in [0.1, 0.15) is 44.1 Å². The maximum atomic E-state index is 8.82. The lowest BCUT2D eigenvalue weighted by Crippen LogP contribution is -2.53. The summed E-state index contributed by atoms with van der Waals surface area (Å²) in [4.78, 5) is 0. The summed E-state index contributed by atoms with van der Waals surface area (Å²) in [5.74, 6) is 3.69. The van der Waals surface area contributed by atoms with Gasteiger partial charge in [-0.1, -0.05) is 12.1 Å². The van der Waals surface area contributed by atoms with Crippen LogP contribution in [-0.4, -0.2) is 5.60 Å². The van der Waals surface area contributed by atoms with Crippen LogP contribution in [0, 0.1) is 29.1 Å². The standard InChI is InChI=1S/C18H21NO/c19-5-4-13-2-1-3-17(9-13)20-18-10-14-6-15(11-18)8-16(7-14)12-18/h1-3,9,14-16H,4,6-8,10-12H2. The highest BCUT2D eigenvalue weighted by Crippen LogP contribution is 2.57. The van der Waals surface area contributed by atoms with E-state index in [-0.39, 0.29) is 5.60 Å². The minimum Gasteiger partial charge on any atom is -0.487 e. The maximum Gasteiger partial charge on any atom is 0.120 e. The van der Waals surface area contributed by atoms with Crippen molar-refractivity contribution < 1.29 is 4.74 Å². The largest absolute Gasteiger partial charge is 0.487 e. The molecule has 0 radical (unpaired) electrons. The molecular weight excluding hydrogens is 246 g/mol. The number of hydrogen-bond donors (Lipinski definition) is 0. The van der Waals surface area contributed by atoms with E-state index in [0.717, 1.165) is 29.1 Å². The third-order valence-electron chi connectivity index (χ3n) is 5.50. The van der Waals surface area contributed by atoms with Crippen LogP contribution in [0.5, 0.6) is 5.75 Å². The highest BCUT2D eigenvalue weighted by Gasteiger charge is 2.52. The summed E-state index contributed by atoms with van der Waals surface area (Å²) in [6.07, 6.45) is 8.55. The molecule has 0 aliphatic heterocycles. The fourth-order valence-electron chi connectivity index (χ4n) is 5.22. The van der Waals surface area contributed by atoms with Gasteiger partial charge in [-0.25, -0.2) is 0 Å². The summed E-state index contributed by atoms with van der Waals surface area (Å²) in [5, 5.41) is 8.82. The molecule has 104 valence electrons. The Morgan fingerprint density at radius 1 is 1.10 bits per heavy atom. The van der Waals surface area contributed by atoms with Crippen LogP contribution in [0.4, 0.5) is 0 Å². The quantitative estimate of drug-likeness (QED) is 0.826. The number of nitrogens with zero attached hydrogens (tertiary/aromatic N) is 1. The topological polar surface area (TPSA) is 33.0 Å². The summed E-state index contributed by atoms with van der Waals surface area (Å²) in [6, 6.07) is 10.4. The van der Waals surface area contributed by atoms with Gasteiger partial charge in [-0.05, 0) is 74.0 Å². The molecule has 4 aliphatic carbocycles. The van der Waals surface area contributed by atoms with E-state index in [9.17, 15) is 0 Å². The van der Waals surface area contributed by atoms with Crippen molar-refractivity contribution in [1.82, 2.24) is 0 Å². The van der Waals surface area contributed by atoms with Gasteiger partial charge in [0.25, 0.3) is 0 Å². The molecule has 0 heterocycles. The molecule has 0 N–H and O–H groups in total. The highest BCUT2D eigenvalue weighted by molar-refractivity contribution is 5.31. The Bertz CT molecular complexity index is 521. The summed E-state index contributed by atoms with van der Waals surface area (Å²) < 4.78 is 6.49. The van der Waals surface area contributed by atoms with Crippen molar-refractivity contribution in [3.8, 4) is 11.8 Å². The van der Waals surface area contributed by atoms with Crippen LogP contribution in [0.2, 0.25) is 0 Å². The molecule has 1 aromatic carbocycles. The van der Waals surface area contributed by atoms with Crippen molar-refractivity contribution >= 4 is 0 Å². The zero-order valence-corrected chi connectivity index (χ0v) is 11.8. The number of nitriles is 1. The molecule has 20 heavy (non-hydrogen) atoms. The van der Waals surface area contributed by atoms with Crippen LogP contribution in [0.3, 0.4) is 0 Å². The van der Waals surface area contributed by atoms with Gasteiger partial charge in [0, 0.05) is 0 Å². The molecule has 0 saturated heterocycles. The lowest BCUT2D eigenvalue weighted by atomic mass is 9.54. The third-order valence-corrected chi connectivity index (χ3v) is 5.50. The van der Waals surface area contributed by atoms with Gasteiger partial charge in [0.15, 0.2) is 0 Å². The second-order valence-corrected chi connectivity index (χ2v) is 7.18. The first kappa shape index (κ1) is 12.3. The van der Waals surface area contributed by atoms with Gasteiger partial charge in [0.2, 0.25) is 0 Å². The Labute approximate surface area is 120 Å². The molecule has 0 atom stereocenters. The van der Waals surface area contributed by atoms with E-state index >= 15 is 0 Å². The first-order chi connectivity index (χ1) is 9.75. The Balaban J connectivity index is 1.56. The first-order valence-corrected chi connectivity index (χ1v) is 7.90. The smallest absolute Gasteiger partial charge is 0.120 e. The van der Waals surface area contributed by atoms with Gasteiger partial charge in [-0.15, -0.1) is 0 Å². The van der Waals surface area contributed by atoms with Gasteiger partial charge in [0.05, 0.1) is 12.5 Å². The molecule has 0 unspecified atom stereocenters. The Morgan fingerprint density at radius 3 is 2.35 bits per heavy atom. The zero-order valence-electron chi connectivity index (χ0n) is 11.8. The third kappa shape index (κ3) is 2.10. The second kappa shape index (κ2) is 4.52. The van der Waals surface area contributed by atoms with Crippen molar-refractivity contribution in [3.05, 3.63) is 29.8 Å². The van der Waals surface area contributed by atoms with E-state index in [2.05, 4.69) is 18.2 Å². The molecule has 4 fully saturated rings. The summed E-state index contributed by atoms with van der Waals surface area (Å²) in [5.41, 5.74) is 1.18. The molecule has 4 aliphatic rings. The molecule has 1 aromatic rings. The second-order valence-electron chi connectivity index (χ2n) is 7.18. The van der Waals surface area contributed by atoms with Crippen molar-refractivity contribution in [3.63, 3.8) is 0 Å². The molecule has 5 rings (SSSR count). The molecule has 2 heteroatoms. The van der Waals surface area contributed by atoms with E-state index in [1.807, 2.05) is 12.1 Å². The van der Waals surface area contributed by atoms with Gasteiger partial charge in [-0.3, -0.25) is 0 Å². The first-order valence-electron chi connectivity index (χ1n) is 7.90. The Kier molecular flexibility index (Phi) is 2.77. The lowest BCUT2D eigenvalue weighted by molar-refractivity contribution is -0.107. The van der Waals surface area contributed by atoms with E-state index < -0.39 is 0 Å². The summed E-state index contributed by atoms with van der Waals surface area (Å²) in [6.45, 7) is 0. The number of benzene rings is 1. The van der Waals surface area contributed by atoms with E-state index in [0.29, 0.717) is 6.42 Å². The molecule has 4 saturated carbocycles. The fourth-order valence-corrected chi connectivity index (χ4v) is 5.22. The molecule has 4 bridgehead atoms. The van der Waals surface area contributed by atoms with Crippen LogP contribution in [0.25, 0.3) is 0 Å². The van der Waals surface area contributed by atoms with Gasteiger partial charge >= 0.3 is 0 Å². The average molecular weight is 267 g/mol. The van der Waals surface area contributed by atoms with Crippen molar-refractivity contribution in [2.75, 3.05) is 0 Å². The SMILES string of the molecule is N#CCc1cccc(OC23CC4CC(CC(C4)C2)C3)c1. The van der Waals surface area contributed by atoms with E-state index in [1.165, 1.54) is 38.5 Å². The van der Waals surface area contributed by atoms with Crippen LogP contribution >= 0.6 is 0 Å². The summed E-state index contributed by atoms with van der Waals surface area (Å²) >= 11 is 0. The molecule has 0 spiro atoms. The monoisotopic (exact) mass is 267 g/mol. The molecular formula is C18H21NO. The van der Waals surface area contributed by atoms with Crippen molar-refractivity contribution in [2.45, 2.75) is 50.5 Å². The van der Waals surface area contributed by atoms with E-state index in [4.69, 9.17) is 10.00 Å². The van der Waals surface area contributed by atoms with Gasteiger partial charge < -0.3 is 4.74 Å². The number of ether oxygens (including phenoxy) is 1. The zero-order chi connectivity index (χ0) is 13.6. The van der Waals surface area contributed by atoms with Gasteiger partial charge in [0.1, 0.15) is 11.4 Å². The Morgan fingerprint density at radius 2 is 1.75 bits per heavy atom.